The van der Waals surface area contributed by atoms with Crippen LogP contribution in [0.3, 0.4) is 0 Å². The van der Waals surface area contributed by atoms with E-state index in [1.165, 1.54) is 9.25 Å². The van der Waals surface area contributed by atoms with Gasteiger partial charge < -0.3 is 4.74 Å². The van der Waals surface area contributed by atoms with Gasteiger partial charge in [0.2, 0.25) is 0 Å². The molecule has 0 unspecified atom stereocenters. The Morgan fingerprint density at radius 3 is 2.41 bits per heavy atom. The molecule has 0 aliphatic carbocycles. The number of hydrogen-bond acceptors (Lipinski definition) is 5. The van der Waals surface area contributed by atoms with Gasteiger partial charge in [-0.3, -0.25) is 9.36 Å². The monoisotopic (exact) mass is 381 g/mol. The van der Waals surface area contributed by atoms with Crippen LogP contribution in [0.25, 0.3) is 16.9 Å². The molecule has 136 valence electrons. The van der Waals surface area contributed by atoms with Gasteiger partial charge in [-0.2, -0.15) is 9.67 Å². The van der Waals surface area contributed by atoms with Crippen LogP contribution in [0.2, 0.25) is 5.02 Å². The van der Waals surface area contributed by atoms with Gasteiger partial charge in [0.25, 0.3) is 5.56 Å². The Labute approximate surface area is 159 Å². The summed E-state index contributed by atoms with van der Waals surface area (Å²) in [6.45, 7) is 3.76. The van der Waals surface area contributed by atoms with Gasteiger partial charge in [-0.15, -0.1) is 5.10 Å². The average molecular weight is 382 g/mol. The maximum absolute atomic E-state index is 13.0. The summed E-state index contributed by atoms with van der Waals surface area (Å²) in [7, 11) is 0. The van der Waals surface area contributed by atoms with Gasteiger partial charge in [0.1, 0.15) is 5.75 Å². The largest absolute Gasteiger partial charge is 0.425 e. The third-order valence-electron chi connectivity index (χ3n) is 4.02. The zero-order valence-electron chi connectivity index (χ0n) is 14.7. The fraction of sp³-hybridized carbons (Fsp3) is 0.158. The number of rotatable bonds is 4. The van der Waals surface area contributed by atoms with E-state index in [0.29, 0.717) is 16.4 Å². The van der Waals surface area contributed by atoms with Crippen LogP contribution >= 0.6 is 11.6 Å². The highest BCUT2D eigenvalue weighted by Crippen LogP contribution is 2.24. The van der Waals surface area contributed by atoms with E-state index in [0.717, 1.165) is 5.69 Å². The Kier molecular flexibility index (Phi) is 4.37. The fourth-order valence-electron chi connectivity index (χ4n) is 2.74. The van der Waals surface area contributed by atoms with E-state index in [1.54, 1.807) is 24.3 Å². The third-order valence-corrected chi connectivity index (χ3v) is 4.27. The minimum atomic E-state index is -0.304. The van der Waals surface area contributed by atoms with Crippen molar-refractivity contribution >= 4 is 22.8 Å². The quantitative estimate of drug-likeness (QED) is 0.534. The molecule has 2 aromatic carbocycles. The highest BCUT2D eigenvalue weighted by Gasteiger charge is 2.20. The van der Waals surface area contributed by atoms with Gasteiger partial charge in [0.05, 0.1) is 5.69 Å². The van der Waals surface area contributed by atoms with Crippen LogP contribution in [0.1, 0.15) is 19.9 Å². The molecule has 27 heavy (non-hydrogen) atoms. The molecule has 0 amide bonds. The first-order valence-corrected chi connectivity index (χ1v) is 8.79. The summed E-state index contributed by atoms with van der Waals surface area (Å²) in [5, 5.41) is 8.74. The molecule has 0 atom stereocenters. The second-order valence-electron chi connectivity index (χ2n) is 6.23. The maximum atomic E-state index is 13.0. The molecule has 0 radical (unpaired) electrons. The molecule has 4 aromatic rings. The molecule has 7 nitrogen and oxygen atoms in total. The van der Waals surface area contributed by atoms with Gasteiger partial charge in [-0.1, -0.05) is 35.0 Å². The zero-order chi connectivity index (χ0) is 19.0. The number of halogens is 1. The van der Waals surface area contributed by atoms with Crippen molar-refractivity contribution in [2.24, 2.45) is 0 Å². The lowest BCUT2D eigenvalue weighted by molar-refractivity contribution is 0.382. The van der Waals surface area contributed by atoms with Crippen LogP contribution in [-0.4, -0.2) is 24.5 Å². The summed E-state index contributed by atoms with van der Waals surface area (Å²) in [4.78, 5) is 17.5. The molecular formula is C19H16ClN5O2. The first-order valence-electron chi connectivity index (χ1n) is 8.41. The topological polar surface area (TPSA) is 74.8 Å². The molecule has 0 aliphatic heterocycles. The average Bonchev–Trinajstić information content (AvgIpc) is 3.08. The predicted octanol–water partition coefficient (Wildman–Crippen LogP) is 4.00. The smallest absolute Gasteiger partial charge is 0.307 e. The Balaban J connectivity index is 1.92. The van der Waals surface area contributed by atoms with Crippen LogP contribution < -0.4 is 10.3 Å². The normalized spacial score (nSPS) is 11.3. The lowest BCUT2D eigenvalue weighted by Crippen LogP contribution is -2.25. The number of fused-ring (bicyclic) bond motifs is 1. The van der Waals surface area contributed by atoms with E-state index in [2.05, 4.69) is 15.3 Å². The Hall–Kier alpha value is -3.19. The van der Waals surface area contributed by atoms with E-state index in [9.17, 15) is 4.79 Å². The highest BCUT2D eigenvalue weighted by atomic mass is 35.5. The minimum Gasteiger partial charge on any atom is -0.425 e. The number of ether oxygens (including phenoxy) is 1. The van der Waals surface area contributed by atoms with Gasteiger partial charge >= 0.3 is 6.01 Å². The van der Waals surface area contributed by atoms with Crippen molar-refractivity contribution in [1.29, 1.82) is 0 Å². The number of hydrogen-bond donors (Lipinski definition) is 0. The molecule has 0 N–H and O–H groups in total. The second kappa shape index (κ2) is 6.85. The van der Waals surface area contributed by atoms with E-state index in [1.807, 2.05) is 44.2 Å². The van der Waals surface area contributed by atoms with Crippen LogP contribution in [0.15, 0.2) is 59.4 Å². The van der Waals surface area contributed by atoms with Crippen molar-refractivity contribution in [2.75, 3.05) is 0 Å². The van der Waals surface area contributed by atoms with Gasteiger partial charge in [0.15, 0.2) is 11.2 Å². The second-order valence-corrected chi connectivity index (χ2v) is 6.66. The summed E-state index contributed by atoms with van der Waals surface area (Å²) in [6.07, 6.45) is 0. The van der Waals surface area contributed by atoms with E-state index in [-0.39, 0.29) is 23.1 Å². The lowest BCUT2D eigenvalue weighted by atomic mass is 10.3. The maximum Gasteiger partial charge on any atom is 0.307 e. The molecule has 0 fully saturated rings. The summed E-state index contributed by atoms with van der Waals surface area (Å²) >= 11 is 5.93. The summed E-state index contributed by atoms with van der Waals surface area (Å²) in [5.41, 5.74) is 0.982. The Bertz CT molecular complexity index is 1150. The molecular weight excluding hydrogens is 366 g/mol. The molecule has 0 bridgehead atoms. The van der Waals surface area contributed by atoms with Gasteiger partial charge in [-0.05, 0) is 50.2 Å². The standard InChI is InChI=1S/C19H16ClN5O2/c1-12(2)24-18(26)16-17(25(23-22-16)14-6-4-3-5-7-14)21-19(24)27-15-10-8-13(20)9-11-15/h3-12H,1-2H3. The van der Waals surface area contributed by atoms with E-state index in [4.69, 9.17) is 16.3 Å². The molecule has 0 saturated heterocycles. The van der Waals surface area contributed by atoms with Crippen LogP contribution in [0, 0.1) is 0 Å². The van der Waals surface area contributed by atoms with Crippen molar-refractivity contribution < 1.29 is 4.74 Å². The predicted molar refractivity (Wildman–Crippen MR) is 103 cm³/mol. The van der Waals surface area contributed by atoms with Crippen LogP contribution in [0.5, 0.6) is 11.8 Å². The SMILES string of the molecule is CC(C)n1c(Oc2ccc(Cl)cc2)nc2c(nnn2-c2ccccc2)c1=O. The molecule has 2 heterocycles. The van der Waals surface area contributed by atoms with Crippen molar-refractivity contribution in [3.8, 4) is 17.4 Å². The summed E-state index contributed by atoms with van der Waals surface area (Å²) in [6, 6.07) is 16.2. The van der Waals surface area contributed by atoms with Crippen LogP contribution in [-0.2, 0) is 0 Å². The highest BCUT2D eigenvalue weighted by molar-refractivity contribution is 6.30. The van der Waals surface area contributed by atoms with Gasteiger partial charge in [-0.25, -0.2) is 0 Å². The van der Waals surface area contributed by atoms with Crippen LogP contribution in [0.4, 0.5) is 0 Å². The number of para-hydroxylation sites is 1. The zero-order valence-corrected chi connectivity index (χ0v) is 15.5. The van der Waals surface area contributed by atoms with Crippen molar-refractivity contribution in [3.05, 3.63) is 70.0 Å². The first kappa shape index (κ1) is 17.2. The number of aromatic nitrogens is 5. The molecule has 8 heteroatoms. The Morgan fingerprint density at radius 2 is 1.74 bits per heavy atom. The molecule has 0 aliphatic rings. The Morgan fingerprint density at radius 1 is 1.04 bits per heavy atom. The summed E-state index contributed by atoms with van der Waals surface area (Å²) in [5.74, 6) is 0.527. The first-order chi connectivity index (χ1) is 13.0. The van der Waals surface area contributed by atoms with Crippen molar-refractivity contribution in [2.45, 2.75) is 19.9 Å². The minimum absolute atomic E-state index is 0.168. The molecule has 2 aromatic heterocycles. The third kappa shape index (κ3) is 3.17. The van der Waals surface area contributed by atoms with Gasteiger partial charge in [0, 0.05) is 11.1 Å². The molecule has 4 rings (SSSR count). The van der Waals surface area contributed by atoms with Crippen molar-refractivity contribution in [1.82, 2.24) is 24.5 Å². The number of benzene rings is 2. The lowest BCUT2D eigenvalue weighted by Gasteiger charge is -2.15. The molecule has 0 spiro atoms. The fourth-order valence-corrected chi connectivity index (χ4v) is 2.87. The van der Waals surface area contributed by atoms with Crippen molar-refractivity contribution in [3.63, 3.8) is 0 Å². The molecule has 0 saturated carbocycles. The summed E-state index contributed by atoms with van der Waals surface area (Å²) < 4.78 is 8.88. The van der Waals surface area contributed by atoms with E-state index >= 15 is 0 Å². The van der Waals surface area contributed by atoms with E-state index < -0.39 is 0 Å². The number of nitrogens with zero attached hydrogens (tertiary/aromatic N) is 5.